The first-order valence-electron chi connectivity index (χ1n) is 8.26. The molecule has 0 unspecified atom stereocenters. The van der Waals surface area contributed by atoms with Gasteiger partial charge < -0.3 is 19.5 Å². The molecule has 0 saturated carbocycles. The first-order chi connectivity index (χ1) is 12.9. The third kappa shape index (κ3) is 6.62. The van der Waals surface area contributed by atoms with Crippen LogP contribution in [0.3, 0.4) is 0 Å². The highest BCUT2D eigenvalue weighted by molar-refractivity contribution is 6.02. The van der Waals surface area contributed by atoms with Gasteiger partial charge in [0, 0.05) is 17.8 Å². The Bertz CT molecular complexity index is 806. The van der Waals surface area contributed by atoms with Crippen LogP contribution in [-0.2, 0) is 4.79 Å². The van der Waals surface area contributed by atoms with Crippen molar-refractivity contribution in [3.63, 3.8) is 0 Å². The molecule has 0 atom stereocenters. The van der Waals surface area contributed by atoms with Crippen LogP contribution in [-0.4, -0.2) is 25.7 Å². The zero-order chi connectivity index (χ0) is 19.8. The number of hydrogen-bond acceptors (Lipinski definition) is 4. The van der Waals surface area contributed by atoms with E-state index in [4.69, 9.17) is 9.47 Å². The summed E-state index contributed by atoms with van der Waals surface area (Å²) in [4.78, 5) is 12.0. The largest absolute Gasteiger partial charge is 0.493 e. The Morgan fingerprint density at radius 2 is 1.85 bits per heavy atom. The molecule has 0 fully saturated rings. The van der Waals surface area contributed by atoms with E-state index in [9.17, 15) is 13.6 Å². The molecule has 0 aromatic heterocycles. The van der Waals surface area contributed by atoms with Crippen LogP contribution in [0.25, 0.3) is 6.08 Å². The highest BCUT2D eigenvalue weighted by atomic mass is 19.3. The molecule has 0 bridgehead atoms. The van der Waals surface area contributed by atoms with Crippen LogP contribution in [0.1, 0.15) is 19.4 Å². The average molecular weight is 377 g/mol. The lowest BCUT2D eigenvalue weighted by molar-refractivity contribution is -0.111. The second-order valence-corrected chi connectivity index (χ2v) is 5.81. The molecule has 0 heterocycles. The Kier molecular flexibility index (Phi) is 7.16. The zero-order valence-electron chi connectivity index (χ0n) is 15.2. The van der Waals surface area contributed by atoms with Crippen LogP contribution < -0.4 is 19.5 Å². The second kappa shape index (κ2) is 9.56. The Balaban J connectivity index is 2.04. The van der Waals surface area contributed by atoms with E-state index in [-0.39, 0.29) is 11.9 Å². The van der Waals surface area contributed by atoms with E-state index in [1.54, 1.807) is 30.3 Å². The molecule has 27 heavy (non-hydrogen) atoms. The van der Waals surface area contributed by atoms with E-state index < -0.39 is 12.5 Å². The third-order valence-electron chi connectivity index (χ3n) is 3.30. The van der Waals surface area contributed by atoms with E-state index in [1.807, 2.05) is 13.8 Å². The first kappa shape index (κ1) is 20.2. The summed E-state index contributed by atoms with van der Waals surface area (Å²) in [5, 5.41) is 2.59. The lowest BCUT2D eigenvalue weighted by Gasteiger charge is -2.13. The Hall–Kier alpha value is -3.09. The second-order valence-electron chi connectivity index (χ2n) is 5.81. The molecular formula is C20H21F2NO4. The van der Waals surface area contributed by atoms with Crippen LogP contribution in [0.2, 0.25) is 0 Å². The molecule has 7 heteroatoms. The molecule has 2 rings (SSSR count). The fraction of sp³-hybridized carbons (Fsp3) is 0.250. The summed E-state index contributed by atoms with van der Waals surface area (Å²) in [6.07, 6.45) is 2.95. The van der Waals surface area contributed by atoms with E-state index >= 15 is 0 Å². The topological polar surface area (TPSA) is 56.8 Å². The number of carbonyl (C=O) groups excluding carboxylic acids is 1. The molecule has 1 N–H and O–H groups in total. The van der Waals surface area contributed by atoms with Crippen molar-refractivity contribution in [1.29, 1.82) is 0 Å². The normalized spacial score (nSPS) is 11.1. The van der Waals surface area contributed by atoms with Crippen molar-refractivity contribution in [2.75, 3.05) is 12.4 Å². The van der Waals surface area contributed by atoms with Crippen molar-refractivity contribution in [2.24, 2.45) is 0 Å². The number of nitrogens with one attached hydrogen (secondary N) is 1. The number of benzene rings is 2. The highest BCUT2D eigenvalue weighted by Gasteiger charge is 2.08. The van der Waals surface area contributed by atoms with Crippen LogP contribution in [0.5, 0.6) is 17.2 Å². The molecule has 0 aliphatic carbocycles. The van der Waals surface area contributed by atoms with Gasteiger partial charge in [-0.05, 0) is 49.8 Å². The van der Waals surface area contributed by atoms with Crippen molar-refractivity contribution in [1.82, 2.24) is 0 Å². The highest BCUT2D eigenvalue weighted by Crippen LogP contribution is 2.29. The predicted octanol–water partition coefficient (Wildman–Crippen LogP) is 4.74. The van der Waals surface area contributed by atoms with Gasteiger partial charge in [0.05, 0.1) is 13.2 Å². The summed E-state index contributed by atoms with van der Waals surface area (Å²) < 4.78 is 39.7. The van der Waals surface area contributed by atoms with E-state index in [2.05, 4.69) is 10.1 Å². The Morgan fingerprint density at radius 3 is 2.52 bits per heavy atom. The Morgan fingerprint density at radius 1 is 1.07 bits per heavy atom. The maximum atomic E-state index is 12.2. The van der Waals surface area contributed by atoms with Crippen molar-refractivity contribution in [3.05, 3.63) is 54.1 Å². The number of amides is 1. The van der Waals surface area contributed by atoms with Crippen LogP contribution in [0.15, 0.2) is 48.5 Å². The van der Waals surface area contributed by atoms with Gasteiger partial charge in [-0.15, -0.1) is 0 Å². The molecule has 0 radical (unpaired) electrons. The number of alkyl halides is 2. The minimum Gasteiger partial charge on any atom is -0.493 e. The van der Waals surface area contributed by atoms with Gasteiger partial charge in [0.15, 0.2) is 11.5 Å². The SMILES string of the molecule is COc1cc(/C=C/C(=O)Nc2cccc(OC(F)F)c2)ccc1OC(C)C. The van der Waals surface area contributed by atoms with Crippen molar-refractivity contribution >= 4 is 17.7 Å². The van der Waals surface area contributed by atoms with Gasteiger partial charge in [0.2, 0.25) is 5.91 Å². The Labute approximate surface area is 156 Å². The fourth-order valence-electron chi connectivity index (χ4n) is 2.25. The molecule has 0 saturated heterocycles. The third-order valence-corrected chi connectivity index (χ3v) is 3.30. The van der Waals surface area contributed by atoms with Gasteiger partial charge >= 0.3 is 6.61 Å². The molecular weight excluding hydrogens is 356 g/mol. The molecule has 2 aromatic carbocycles. The summed E-state index contributed by atoms with van der Waals surface area (Å²) in [7, 11) is 1.54. The summed E-state index contributed by atoms with van der Waals surface area (Å²) in [5.74, 6) is 0.732. The fourth-order valence-corrected chi connectivity index (χ4v) is 2.25. The van der Waals surface area contributed by atoms with E-state index in [1.165, 1.54) is 31.4 Å². The number of halogens is 2. The van der Waals surface area contributed by atoms with Crippen molar-refractivity contribution in [3.8, 4) is 17.2 Å². The smallest absolute Gasteiger partial charge is 0.387 e. The van der Waals surface area contributed by atoms with Crippen molar-refractivity contribution < 1.29 is 27.8 Å². The summed E-state index contributed by atoms with van der Waals surface area (Å²) >= 11 is 0. The van der Waals surface area contributed by atoms with Crippen LogP contribution in [0.4, 0.5) is 14.5 Å². The standard InChI is InChI=1S/C20H21F2NO4/c1-13(2)26-17-9-7-14(11-18(17)25-3)8-10-19(24)23-15-5-4-6-16(12-15)27-20(21)22/h4-13,20H,1-3H3,(H,23,24)/b10-8+. The number of rotatable bonds is 8. The van der Waals surface area contributed by atoms with Gasteiger partial charge in [0.25, 0.3) is 0 Å². The van der Waals surface area contributed by atoms with Crippen LogP contribution >= 0.6 is 0 Å². The molecule has 2 aromatic rings. The lowest BCUT2D eigenvalue weighted by Crippen LogP contribution is -2.08. The molecule has 144 valence electrons. The minimum absolute atomic E-state index is 0.0101. The van der Waals surface area contributed by atoms with Gasteiger partial charge in [-0.3, -0.25) is 4.79 Å². The number of methoxy groups -OCH3 is 1. The summed E-state index contributed by atoms with van der Waals surface area (Å²) in [5.41, 5.74) is 1.09. The lowest BCUT2D eigenvalue weighted by atomic mass is 10.2. The van der Waals surface area contributed by atoms with E-state index in [0.717, 1.165) is 5.56 Å². The number of ether oxygens (including phenoxy) is 3. The first-order valence-corrected chi connectivity index (χ1v) is 8.26. The van der Waals surface area contributed by atoms with E-state index in [0.29, 0.717) is 17.2 Å². The molecule has 0 aliphatic heterocycles. The quantitative estimate of drug-likeness (QED) is 0.676. The number of hydrogen-bond donors (Lipinski definition) is 1. The van der Waals surface area contributed by atoms with Crippen LogP contribution in [0, 0.1) is 0 Å². The molecule has 0 aliphatic rings. The van der Waals surface area contributed by atoms with Gasteiger partial charge in [0.1, 0.15) is 5.75 Å². The zero-order valence-corrected chi connectivity index (χ0v) is 15.2. The maximum absolute atomic E-state index is 12.2. The maximum Gasteiger partial charge on any atom is 0.387 e. The minimum atomic E-state index is -2.92. The molecule has 0 spiro atoms. The van der Waals surface area contributed by atoms with Crippen molar-refractivity contribution in [2.45, 2.75) is 26.6 Å². The van der Waals surface area contributed by atoms with Gasteiger partial charge in [-0.1, -0.05) is 12.1 Å². The number of carbonyl (C=O) groups is 1. The summed E-state index contributed by atoms with van der Waals surface area (Å²) in [6, 6.07) is 11.1. The van der Waals surface area contributed by atoms with Gasteiger partial charge in [-0.25, -0.2) is 0 Å². The average Bonchev–Trinajstić information content (AvgIpc) is 2.60. The van der Waals surface area contributed by atoms with Gasteiger partial charge in [-0.2, -0.15) is 8.78 Å². The monoisotopic (exact) mass is 377 g/mol. The number of anilines is 1. The predicted molar refractivity (Wildman–Crippen MR) is 99.5 cm³/mol. The molecule has 1 amide bonds. The summed E-state index contributed by atoms with van der Waals surface area (Å²) in [6.45, 7) is 0.909. The molecule has 5 nitrogen and oxygen atoms in total.